The van der Waals surface area contributed by atoms with Crippen molar-refractivity contribution in [3.05, 3.63) is 53.4 Å². The maximum absolute atomic E-state index is 12.4. The molecule has 8 nitrogen and oxygen atoms in total. The summed E-state index contributed by atoms with van der Waals surface area (Å²) in [6, 6.07) is 5.77. The number of hydrogen-bond donors (Lipinski definition) is 2. The molecule has 0 saturated carbocycles. The van der Waals surface area contributed by atoms with Crippen LogP contribution in [-0.2, 0) is 7.05 Å². The number of nitrogens with one attached hydrogen (secondary N) is 2. The summed E-state index contributed by atoms with van der Waals surface area (Å²) in [5, 5.41) is 10.4. The molecule has 2 N–H and O–H groups in total. The van der Waals surface area contributed by atoms with Crippen LogP contribution < -0.4 is 10.6 Å². The van der Waals surface area contributed by atoms with E-state index < -0.39 is 0 Å². The zero-order valence-electron chi connectivity index (χ0n) is 15.4. The van der Waals surface area contributed by atoms with Gasteiger partial charge in [-0.25, -0.2) is 9.97 Å². The van der Waals surface area contributed by atoms with Crippen molar-refractivity contribution >= 4 is 11.7 Å². The first-order valence-electron chi connectivity index (χ1n) is 8.47. The first-order chi connectivity index (χ1) is 12.5. The van der Waals surface area contributed by atoms with Gasteiger partial charge >= 0.3 is 0 Å². The summed E-state index contributed by atoms with van der Waals surface area (Å²) in [5.41, 5.74) is 2.23. The second-order valence-electron chi connectivity index (χ2n) is 6.10. The largest absolute Gasteiger partial charge is 0.368 e. The topological polar surface area (TPSA) is 89.7 Å². The van der Waals surface area contributed by atoms with Crippen LogP contribution in [0.25, 0.3) is 5.82 Å². The lowest BCUT2D eigenvalue weighted by Crippen LogP contribution is -2.29. The van der Waals surface area contributed by atoms with Crippen molar-refractivity contribution in [3.63, 3.8) is 0 Å². The molecule has 3 heterocycles. The molecule has 0 bridgehead atoms. The average molecular weight is 353 g/mol. The Bertz CT molecular complexity index is 912. The number of anilines is 1. The Morgan fingerprint density at radius 3 is 2.50 bits per heavy atom. The predicted molar refractivity (Wildman–Crippen MR) is 99.6 cm³/mol. The molecule has 0 fully saturated rings. The smallest absolute Gasteiger partial charge is 0.255 e. The van der Waals surface area contributed by atoms with Crippen molar-refractivity contribution in [1.82, 2.24) is 29.6 Å². The van der Waals surface area contributed by atoms with Crippen LogP contribution in [0, 0.1) is 20.8 Å². The molecule has 3 aromatic heterocycles. The van der Waals surface area contributed by atoms with E-state index in [9.17, 15) is 4.79 Å². The van der Waals surface area contributed by atoms with Crippen molar-refractivity contribution < 1.29 is 4.79 Å². The zero-order valence-corrected chi connectivity index (χ0v) is 15.4. The standard InChI is InChI=1S/C18H23N7O/c1-12-17(13(2)24(4)23-12)18(26)20-8-7-19-15-11-16(22-14(3)21-15)25-9-5-6-10-25/h5-6,9-11H,7-8H2,1-4H3,(H,20,26)(H,19,21,22). The number of carbonyl (C=O) groups excluding carboxylic acids is 1. The second kappa shape index (κ2) is 7.38. The van der Waals surface area contributed by atoms with E-state index in [0.717, 1.165) is 23.0 Å². The lowest BCUT2D eigenvalue weighted by molar-refractivity contribution is 0.0954. The molecule has 0 aromatic carbocycles. The first kappa shape index (κ1) is 17.7. The van der Waals surface area contributed by atoms with Gasteiger partial charge in [-0.1, -0.05) is 0 Å². The number of nitrogens with zero attached hydrogens (tertiary/aromatic N) is 5. The number of hydrogen-bond acceptors (Lipinski definition) is 5. The molecular formula is C18H23N7O. The summed E-state index contributed by atoms with van der Waals surface area (Å²) in [6.07, 6.45) is 3.87. The average Bonchev–Trinajstić information content (AvgIpc) is 3.20. The number of amides is 1. The summed E-state index contributed by atoms with van der Waals surface area (Å²) < 4.78 is 3.64. The monoisotopic (exact) mass is 353 g/mol. The fourth-order valence-electron chi connectivity index (χ4n) is 2.82. The summed E-state index contributed by atoms with van der Waals surface area (Å²) in [4.78, 5) is 21.2. The third-order valence-electron chi connectivity index (χ3n) is 4.15. The van der Waals surface area contributed by atoms with Crippen molar-refractivity contribution in [3.8, 4) is 5.82 Å². The highest BCUT2D eigenvalue weighted by Crippen LogP contribution is 2.12. The molecule has 0 spiro atoms. The van der Waals surface area contributed by atoms with E-state index in [-0.39, 0.29) is 5.91 Å². The Morgan fingerprint density at radius 2 is 1.85 bits per heavy atom. The van der Waals surface area contributed by atoms with E-state index >= 15 is 0 Å². The number of aryl methyl sites for hydroxylation is 3. The van der Waals surface area contributed by atoms with Crippen molar-refractivity contribution in [2.45, 2.75) is 20.8 Å². The van der Waals surface area contributed by atoms with Crippen molar-refractivity contribution in [1.29, 1.82) is 0 Å². The highest BCUT2D eigenvalue weighted by Gasteiger charge is 2.16. The quantitative estimate of drug-likeness (QED) is 0.659. The summed E-state index contributed by atoms with van der Waals surface area (Å²) in [7, 11) is 1.83. The Morgan fingerprint density at radius 1 is 1.12 bits per heavy atom. The van der Waals surface area contributed by atoms with Gasteiger partial charge in [0.1, 0.15) is 17.5 Å². The van der Waals surface area contributed by atoms with E-state index in [4.69, 9.17) is 0 Å². The van der Waals surface area contributed by atoms with Gasteiger partial charge in [0.2, 0.25) is 0 Å². The van der Waals surface area contributed by atoms with Crippen LogP contribution in [0.4, 0.5) is 5.82 Å². The first-order valence-corrected chi connectivity index (χ1v) is 8.47. The molecule has 0 saturated heterocycles. The van der Waals surface area contributed by atoms with Crippen LogP contribution >= 0.6 is 0 Å². The van der Waals surface area contributed by atoms with Crippen LogP contribution in [0.3, 0.4) is 0 Å². The fraction of sp³-hybridized carbons (Fsp3) is 0.333. The molecule has 0 aliphatic heterocycles. The minimum Gasteiger partial charge on any atom is -0.368 e. The molecule has 136 valence electrons. The van der Waals surface area contributed by atoms with E-state index in [0.29, 0.717) is 24.5 Å². The highest BCUT2D eigenvalue weighted by molar-refractivity contribution is 5.96. The third kappa shape index (κ3) is 3.74. The number of aromatic nitrogens is 5. The van der Waals surface area contributed by atoms with Gasteiger partial charge in [0, 0.05) is 44.3 Å². The molecule has 0 aliphatic rings. The minimum atomic E-state index is -0.109. The molecule has 26 heavy (non-hydrogen) atoms. The highest BCUT2D eigenvalue weighted by atomic mass is 16.1. The fourth-order valence-corrected chi connectivity index (χ4v) is 2.82. The molecule has 0 atom stereocenters. The van der Waals surface area contributed by atoms with Gasteiger partial charge in [0.15, 0.2) is 0 Å². The molecular weight excluding hydrogens is 330 g/mol. The zero-order chi connectivity index (χ0) is 18.7. The van der Waals surface area contributed by atoms with Gasteiger partial charge in [-0.2, -0.15) is 5.10 Å². The number of rotatable bonds is 6. The van der Waals surface area contributed by atoms with Gasteiger partial charge in [0.05, 0.1) is 11.3 Å². The molecule has 8 heteroatoms. The summed E-state index contributed by atoms with van der Waals surface area (Å²) in [6.45, 7) is 6.63. The summed E-state index contributed by atoms with van der Waals surface area (Å²) in [5.74, 6) is 2.10. The van der Waals surface area contributed by atoms with E-state index in [2.05, 4.69) is 25.7 Å². The minimum absolute atomic E-state index is 0.109. The molecule has 0 radical (unpaired) electrons. The number of carbonyl (C=O) groups is 1. The maximum Gasteiger partial charge on any atom is 0.255 e. The Labute approximate surface area is 152 Å². The van der Waals surface area contributed by atoms with E-state index in [1.165, 1.54) is 0 Å². The Balaban J connectivity index is 1.58. The molecule has 3 rings (SSSR count). The SMILES string of the molecule is Cc1nc(NCCNC(=O)c2c(C)nn(C)c2C)cc(-n2cccc2)n1. The van der Waals surface area contributed by atoms with Crippen molar-refractivity contribution in [2.24, 2.45) is 7.05 Å². The van der Waals surface area contributed by atoms with Crippen LogP contribution in [0.5, 0.6) is 0 Å². The van der Waals surface area contributed by atoms with Gasteiger partial charge in [0.25, 0.3) is 5.91 Å². The molecule has 0 aliphatic carbocycles. The molecule has 1 amide bonds. The lowest BCUT2D eigenvalue weighted by Gasteiger charge is -2.10. The van der Waals surface area contributed by atoms with Gasteiger partial charge < -0.3 is 15.2 Å². The van der Waals surface area contributed by atoms with Crippen LogP contribution in [0.2, 0.25) is 0 Å². The van der Waals surface area contributed by atoms with Gasteiger partial charge in [-0.3, -0.25) is 9.48 Å². The lowest BCUT2D eigenvalue weighted by atomic mass is 10.2. The van der Waals surface area contributed by atoms with Gasteiger partial charge in [-0.05, 0) is 32.9 Å². The molecule has 3 aromatic rings. The second-order valence-corrected chi connectivity index (χ2v) is 6.10. The van der Waals surface area contributed by atoms with Crippen molar-refractivity contribution in [2.75, 3.05) is 18.4 Å². The maximum atomic E-state index is 12.4. The summed E-state index contributed by atoms with van der Waals surface area (Å²) >= 11 is 0. The third-order valence-corrected chi connectivity index (χ3v) is 4.15. The van der Waals surface area contributed by atoms with E-state index in [1.54, 1.807) is 4.68 Å². The van der Waals surface area contributed by atoms with E-state index in [1.807, 2.05) is 63.0 Å². The normalized spacial score (nSPS) is 10.8. The molecule has 0 unspecified atom stereocenters. The predicted octanol–water partition coefficient (Wildman–Crippen LogP) is 1.77. The Hall–Kier alpha value is -3.16. The Kier molecular flexibility index (Phi) is 5.01. The van der Waals surface area contributed by atoms with Gasteiger partial charge in [-0.15, -0.1) is 0 Å². The van der Waals surface area contributed by atoms with Crippen LogP contribution in [0.15, 0.2) is 30.6 Å². The van der Waals surface area contributed by atoms with Crippen LogP contribution in [-0.4, -0.2) is 43.3 Å². The van der Waals surface area contributed by atoms with Crippen LogP contribution in [0.1, 0.15) is 27.6 Å².